The lowest BCUT2D eigenvalue weighted by atomic mass is 10.1. The first-order valence-electron chi connectivity index (χ1n) is 14.2. The lowest BCUT2D eigenvalue weighted by molar-refractivity contribution is -0.247. The summed E-state index contributed by atoms with van der Waals surface area (Å²) >= 11 is 0. The van der Waals surface area contributed by atoms with E-state index in [-0.39, 0.29) is 12.6 Å². The highest BCUT2D eigenvalue weighted by Crippen LogP contribution is 2.18. The van der Waals surface area contributed by atoms with Gasteiger partial charge in [-0.15, -0.1) is 0 Å². The van der Waals surface area contributed by atoms with Crippen molar-refractivity contribution in [2.45, 2.75) is 169 Å². The molecule has 188 valence electrons. The van der Waals surface area contributed by atoms with E-state index in [1.165, 1.54) is 116 Å². The van der Waals surface area contributed by atoms with Crippen molar-refractivity contribution < 1.29 is 14.2 Å². The van der Waals surface area contributed by atoms with Crippen LogP contribution in [0.1, 0.15) is 156 Å². The first-order chi connectivity index (χ1) is 15.3. The summed E-state index contributed by atoms with van der Waals surface area (Å²) in [6.45, 7) is 10.1. The van der Waals surface area contributed by atoms with Gasteiger partial charge in [0.25, 0.3) is 0 Å². The van der Waals surface area contributed by atoms with Crippen molar-refractivity contribution in [3.63, 3.8) is 0 Å². The van der Waals surface area contributed by atoms with E-state index in [1.807, 2.05) is 0 Å². The Labute approximate surface area is 196 Å². The van der Waals surface area contributed by atoms with Crippen LogP contribution in [0.3, 0.4) is 0 Å². The van der Waals surface area contributed by atoms with Crippen LogP contribution in [0.2, 0.25) is 0 Å². The molecule has 0 aliphatic carbocycles. The smallest absolute Gasteiger partial charge is 0.160 e. The van der Waals surface area contributed by atoms with Crippen molar-refractivity contribution >= 4 is 0 Å². The fourth-order valence-corrected chi connectivity index (χ4v) is 4.17. The molecule has 0 heterocycles. The molecule has 0 saturated heterocycles. The highest BCUT2D eigenvalue weighted by Gasteiger charge is 2.17. The summed E-state index contributed by atoms with van der Waals surface area (Å²) in [7, 11) is 0. The zero-order valence-corrected chi connectivity index (χ0v) is 21.9. The Hall–Kier alpha value is -0.120. The lowest BCUT2D eigenvalue weighted by Crippen LogP contribution is -2.27. The Balaban J connectivity index is 3.88. The van der Waals surface area contributed by atoms with Gasteiger partial charge in [-0.3, -0.25) is 0 Å². The molecular formula is C28H58O3. The summed E-state index contributed by atoms with van der Waals surface area (Å²) in [6, 6.07) is 0. The minimum atomic E-state index is -0.107. The predicted octanol–water partition coefficient (Wildman–Crippen LogP) is 9.57. The fraction of sp³-hybridized carbons (Fsp3) is 1.00. The number of hydrogen-bond donors (Lipinski definition) is 0. The van der Waals surface area contributed by atoms with Crippen LogP contribution < -0.4 is 0 Å². The van der Waals surface area contributed by atoms with Gasteiger partial charge in [-0.05, 0) is 39.5 Å². The van der Waals surface area contributed by atoms with Gasteiger partial charge < -0.3 is 14.2 Å². The van der Waals surface area contributed by atoms with Crippen LogP contribution >= 0.6 is 0 Å². The highest BCUT2D eigenvalue weighted by molar-refractivity contribution is 4.55. The molecule has 31 heavy (non-hydrogen) atoms. The van der Waals surface area contributed by atoms with Crippen molar-refractivity contribution in [1.29, 1.82) is 0 Å². The predicted molar refractivity (Wildman–Crippen MR) is 136 cm³/mol. The van der Waals surface area contributed by atoms with Gasteiger partial charge in [0.1, 0.15) is 0 Å². The maximum Gasteiger partial charge on any atom is 0.160 e. The van der Waals surface area contributed by atoms with E-state index >= 15 is 0 Å². The number of rotatable bonds is 26. The van der Waals surface area contributed by atoms with Gasteiger partial charge >= 0.3 is 0 Å². The van der Waals surface area contributed by atoms with E-state index in [4.69, 9.17) is 14.2 Å². The van der Waals surface area contributed by atoms with Gasteiger partial charge in [0, 0.05) is 13.2 Å². The van der Waals surface area contributed by atoms with E-state index in [0.717, 1.165) is 12.8 Å². The topological polar surface area (TPSA) is 27.7 Å². The van der Waals surface area contributed by atoms with Gasteiger partial charge in [0.2, 0.25) is 0 Å². The second-order valence-electron chi connectivity index (χ2n) is 9.14. The second-order valence-corrected chi connectivity index (χ2v) is 9.14. The van der Waals surface area contributed by atoms with Gasteiger partial charge in [-0.2, -0.15) is 0 Å². The molecule has 3 nitrogen and oxygen atoms in total. The monoisotopic (exact) mass is 442 g/mol. The minimum absolute atomic E-state index is 0.107. The Bertz CT molecular complexity index is 291. The van der Waals surface area contributed by atoms with Gasteiger partial charge in [-0.1, -0.05) is 117 Å². The molecule has 2 unspecified atom stereocenters. The Morgan fingerprint density at radius 1 is 0.387 bits per heavy atom. The molecule has 0 aliphatic rings. The molecule has 0 N–H and O–H groups in total. The average molecular weight is 443 g/mol. The summed E-state index contributed by atoms with van der Waals surface area (Å²) in [6.07, 6.45) is 26.1. The minimum Gasteiger partial charge on any atom is -0.353 e. The molecule has 2 atom stereocenters. The molecule has 0 saturated carbocycles. The molecule has 0 fully saturated rings. The van der Waals surface area contributed by atoms with Gasteiger partial charge in [0.05, 0.1) is 0 Å². The van der Waals surface area contributed by atoms with Crippen LogP contribution in [0.25, 0.3) is 0 Å². The maximum atomic E-state index is 6.23. The average Bonchev–Trinajstić information content (AvgIpc) is 2.77. The third-order valence-electron chi connectivity index (χ3n) is 6.10. The molecule has 0 aliphatic heterocycles. The summed E-state index contributed by atoms with van der Waals surface area (Å²) in [5, 5.41) is 0. The molecule has 0 bridgehead atoms. The van der Waals surface area contributed by atoms with Gasteiger partial charge in [0.15, 0.2) is 12.6 Å². The largest absolute Gasteiger partial charge is 0.353 e. The standard InChI is InChI=1S/C28H58O3/c1-5-9-11-13-15-17-19-21-23-25-27(29-7-3)31-28(30-8-4)26-24-22-20-18-16-14-12-10-6-2/h27-28H,5-26H2,1-4H3. The maximum absolute atomic E-state index is 6.23. The van der Waals surface area contributed by atoms with E-state index < -0.39 is 0 Å². The van der Waals surface area contributed by atoms with Crippen LogP contribution in [-0.4, -0.2) is 25.8 Å². The van der Waals surface area contributed by atoms with E-state index in [1.54, 1.807) is 0 Å². The molecule has 0 aromatic rings. The zero-order valence-electron chi connectivity index (χ0n) is 21.9. The molecule has 0 aromatic carbocycles. The summed E-state index contributed by atoms with van der Waals surface area (Å²) < 4.78 is 18.0. The third kappa shape index (κ3) is 22.9. The normalized spacial score (nSPS) is 13.5. The molecule has 0 aromatic heterocycles. The summed E-state index contributed by atoms with van der Waals surface area (Å²) in [5.74, 6) is 0. The van der Waals surface area contributed by atoms with Crippen LogP contribution in [0.4, 0.5) is 0 Å². The number of ether oxygens (including phenoxy) is 3. The quantitative estimate of drug-likeness (QED) is 0.0985. The van der Waals surface area contributed by atoms with Crippen molar-refractivity contribution in [1.82, 2.24) is 0 Å². The Kier molecular flexibility index (Phi) is 26.0. The second kappa shape index (κ2) is 26.1. The first kappa shape index (κ1) is 30.9. The zero-order chi connectivity index (χ0) is 22.8. The highest BCUT2D eigenvalue weighted by atomic mass is 16.8. The molecule has 0 amide bonds. The van der Waals surface area contributed by atoms with Crippen LogP contribution in [-0.2, 0) is 14.2 Å². The Morgan fingerprint density at radius 2 is 0.677 bits per heavy atom. The van der Waals surface area contributed by atoms with Crippen LogP contribution in [0, 0.1) is 0 Å². The molecule has 0 rings (SSSR count). The van der Waals surface area contributed by atoms with Crippen molar-refractivity contribution in [3.05, 3.63) is 0 Å². The van der Waals surface area contributed by atoms with Crippen LogP contribution in [0.15, 0.2) is 0 Å². The van der Waals surface area contributed by atoms with Gasteiger partial charge in [-0.25, -0.2) is 0 Å². The Morgan fingerprint density at radius 3 is 0.968 bits per heavy atom. The summed E-state index contributed by atoms with van der Waals surface area (Å²) in [5.41, 5.74) is 0. The molecule has 3 heteroatoms. The van der Waals surface area contributed by atoms with E-state index in [2.05, 4.69) is 27.7 Å². The fourth-order valence-electron chi connectivity index (χ4n) is 4.17. The summed E-state index contributed by atoms with van der Waals surface area (Å²) in [4.78, 5) is 0. The van der Waals surface area contributed by atoms with Crippen molar-refractivity contribution in [3.8, 4) is 0 Å². The third-order valence-corrected chi connectivity index (χ3v) is 6.10. The van der Waals surface area contributed by atoms with E-state index in [9.17, 15) is 0 Å². The van der Waals surface area contributed by atoms with E-state index in [0.29, 0.717) is 13.2 Å². The lowest BCUT2D eigenvalue weighted by Gasteiger charge is -2.24. The van der Waals surface area contributed by atoms with Crippen molar-refractivity contribution in [2.75, 3.05) is 13.2 Å². The molecule has 0 radical (unpaired) electrons. The number of hydrogen-bond acceptors (Lipinski definition) is 3. The SMILES string of the molecule is CCCCCCCCCCCC(OCC)OC(CCCCCCCCCCC)OCC. The van der Waals surface area contributed by atoms with Crippen LogP contribution in [0.5, 0.6) is 0 Å². The first-order valence-corrected chi connectivity index (χ1v) is 14.2. The molecular weight excluding hydrogens is 384 g/mol. The molecule has 0 spiro atoms. The number of unbranched alkanes of at least 4 members (excludes halogenated alkanes) is 16. The van der Waals surface area contributed by atoms with Crippen molar-refractivity contribution in [2.24, 2.45) is 0 Å².